The lowest BCUT2D eigenvalue weighted by Gasteiger charge is -2.20. The van der Waals surface area contributed by atoms with Gasteiger partial charge in [-0.05, 0) is 25.0 Å². The molecule has 1 unspecified atom stereocenters. The molecule has 3 rings (SSSR count). The Morgan fingerprint density at radius 3 is 2.86 bits per heavy atom. The van der Waals surface area contributed by atoms with E-state index in [4.69, 9.17) is 9.47 Å². The largest absolute Gasteiger partial charge is 0.496 e. The minimum absolute atomic E-state index is 0.104. The van der Waals surface area contributed by atoms with Crippen molar-refractivity contribution in [1.29, 1.82) is 0 Å². The van der Waals surface area contributed by atoms with Gasteiger partial charge in [-0.3, -0.25) is 4.72 Å². The van der Waals surface area contributed by atoms with Crippen LogP contribution in [-0.4, -0.2) is 40.0 Å². The van der Waals surface area contributed by atoms with Crippen molar-refractivity contribution in [2.75, 3.05) is 25.0 Å². The molecule has 0 bridgehead atoms. The zero-order chi connectivity index (χ0) is 15.4. The van der Waals surface area contributed by atoms with Crippen LogP contribution in [0.2, 0.25) is 0 Å². The molecule has 6 nitrogen and oxygen atoms in total. The monoisotopic (exact) mass is 339 g/mol. The highest BCUT2D eigenvalue weighted by Crippen LogP contribution is 2.33. The zero-order valence-electron chi connectivity index (χ0n) is 12.2. The van der Waals surface area contributed by atoms with Crippen molar-refractivity contribution in [2.24, 2.45) is 0 Å². The molecule has 1 saturated heterocycles. The van der Waals surface area contributed by atoms with E-state index >= 15 is 0 Å². The van der Waals surface area contributed by atoms with Gasteiger partial charge in [-0.15, -0.1) is 10.2 Å². The molecule has 1 N–H and O–H groups in total. The standard InChI is InChI=1S/C14H17N3O3S2/c1-19-12-5-3-2-4-11(12)13-15-16-14(21-13)17-22(18)10-6-8-20-9-7-10/h2-5,10H,6-9H2,1H3,(H,16,17). The maximum atomic E-state index is 12.3. The third-order valence-electron chi connectivity index (χ3n) is 3.42. The van der Waals surface area contributed by atoms with Gasteiger partial charge in [-0.2, -0.15) is 0 Å². The molecule has 1 aromatic carbocycles. The van der Waals surface area contributed by atoms with Crippen molar-refractivity contribution >= 4 is 27.5 Å². The summed E-state index contributed by atoms with van der Waals surface area (Å²) in [7, 11) is 0.463. The van der Waals surface area contributed by atoms with Gasteiger partial charge < -0.3 is 9.47 Å². The molecular formula is C14H17N3O3S2. The van der Waals surface area contributed by atoms with Gasteiger partial charge in [0.2, 0.25) is 5.13 Å². The van der Waals surface area contributed by atoms with E-state index in [-0.39, 0.29) is 5.25 Å². The highest BCUT2D eigenvalue weighted by Gasteiger charge is 2.21. The van der Waals surface area contributed by atoms with Crippen molar-refractivity contribution in [3.8, 4) is 16.3 Å². The Morgan fingerprint density at radius 1 is 1.32 bits per heavy atom. The summed E-state index contributed by atoms with van der Waals surface area (Å²) in [5.74, 6) is 0.746. The first-order chi connectivity index (χ1) is 10.8. The minimum Gasteiger partial charge on any atom is -0.496 e. The Balaban J connectivity index is 1.72. The minimum atomic E-state index is -1.16. The number of para-hydroxylation sites is 1. The second-order valence-electron chi connectivity index (χ2n) is 4.82. The topological polar surface area (TPSA) is 73.3 Å². The molecule has 1 aromatic heterocycles. The summed E-state index contributed by atoms with van der Waals surface area (Å²) in [6.45, 7) is 1.33. The van der Waals surface area contributed by atoms with Gasteiger partial charge in [0.25, 0.3) is 0 Å². The quantitative estimate of drug-likeness (QED) is 0.906. The number of anilines is 1. The predicted molar refractivity (Wildman–Crippen MR) is 87.5 cm³/mol. The molecule has 1 atom stereocenters. The molecule has 0 spiro atoms. The summed E-state index contributed by atoms with van der Waals surface area (Å²) in [5.41, 5.74) is 0.882. The number of aromatic nitrogens is 2. The van der Waals surface area contributed by atoms with Gasteiger partial charge in [0.15, 0.2) is 5.01 Å². The van der Waals surface area contributed by atoms with Crippen molar-refractivity contribution in [3.05, 3.63) is 24.3 Å². The summed E-state index contributed by atoms with van der Waals surface area (Å²) in [6.07, 6.45) is 1.61. The number of hydrogen-bond acceptors (Lipinski definition) is 6. The molecule has 22 heavy (non-hydrogen) atoms. The van der Waals surface area contributed by atoms with Gasteiger partial charge in [0.05, 0.1) is 17.9 Å². The van der Waals surface area contributed by atoms with Crippen LogP contribution in [0.5, 0.6) is 5.75 Å². The molecule has 1 fully saturated rings. The predicted octanol–water partition coefficient (Wildman–Crippen LogP) is 2.47. The molecule has 118 valence electrons. The molecule has 1 aliphatic heterocycles. The van der Waals surface area contributed by atoms with E-state index in [0.29, 0.717) is 18.3 Å². The number of ether oxygens (including phenoxy) is 2. The molecule has 1 aliphatic rings. The second-order valence-corrected chi connectivity index (χ2v) is 7.27. The molecule has 2 heterocycles. The van der Waals surface area contributed by atoms with Crippen LogP contribution in [0, 0.1) is 0 Å². The normalized spacial score (nSPS) is 17.1. The van der Waals surface area contributed by atoms with E-state index < -0.39 is 11.0 Å². The fraction of sp³-hybridized carbons (Fsp3) is 0.429. The van der Waals surface area contributed by atoms with Crippen LogP contribution < -0.4 is 9.46 Å². The Morgan fingerprint density at radius 2 is 2.09 bits per heavy atom. The molecule has 0 saturated carbocycles. The van der Waals surface area contributed by atoms with E-state index in [2.05, 4.69) is 14.9 Å². The second kappa shape index (κ2) is 7.17. The zero-order valence-corrected chi connectivity index (χ0v) is 13.8. The van der Waals surface area contributed by atoms with Crippen molar-refractivity contribution in [3.63, 3.8) is 0 Å². The third kappa shape index (κ3) is 3.45. The third-order valence-corrected chi connectivity index (χ3v) is 5.89. The van der Waals surface area contributed by atoms with Crippen LogP contribution in [0.1, 0.15) is 12.8 Å². The average Bonchev–Trinajstić information content (AvgIpc) is 3.04. The van der Waals surface area contributed by atoms with Gasteiger partial charge in [-0.1, -0.05) is 23.5 Å². The first-order valence-electron chi connectivity index (χ1n) is 7.00. The van der Waals surface area contributed by atoms with Crippen LogP contribution >= 0.6 is 11.3 Å². The summed E-state index contributed by atoms with van der Waals surface area (Å²) < 4.78 is 25.9. The van der Waals surface area contributed by atoms with Crippen molar-refractivity contribution in [2.45, 2.75) is 18.1 Å². The first-order valence-corrected chi connectivity index (χ1v) is 9.03. The molecule has 0 radical (unpaired) electrons. The fourth-order valence-electron chi connectivity index (χ4n) is 2.25. The average molecular weight is 339 g/mol. The lowest BCUT2D eigenvalue weighted by Crippen LogP contribution is -2.28. The van der Waals surface area contributed by atoms with E-state index in [0.717, 1.165) is 29.2 Å². The SMILES string of the molecule is COc1ccccc1-c1nnc(NS(=O)C2CCOCC2)s1. The van der Waals surface area contributed by atoms with Crippen LogP contribution in [0.4, 0.5) is 5.13 Å². The van der Waals surface area contributed by atoms with Crippen LogP contribution in [0.15, 0.2) is 24.3 Å². The lowest BCUT2D eigenvalue weighted by molar-refractivity contribution is 0.0993. The van der Waals surface area contributed by atoms with E-state index in [1.165, 1.54) is 11.3 Å². The molecule has 2 aromatic rings. The summed E-state index contributed by atoms with van der Waals surface area (Å²) >= 11 is 1.37. The Hall–Kier alpha value is -1.51. The van der Waals surface area contributed by atoms with Crippen LogP contribution in [-0.2, 0) is 15.7 Å². The smallest absolute Gasteiger partial charge is 0.217 e. The molecule has 8 heteroatoms. The number of methoxy groups -OCH3 is 1. The van der Waals surface area contributed by atoms with Crippen molar-refractivity contribution < 1.29 is 13.7 Å². The number of rotatable bonds is 5. The van der Waals surface area contributed by atoms with E-state index in [1.807, 2.05) is 24.3 Å². The van der Waals surface area contributed by atoms with Crippen LogP contribution in [0.3, 0.4) is 0 Å². The highest BCUT2D eigenvalue weighted by molar-refractivity contribution is 7.87. The maximum absolute atomic E-state index is 12.3. The number of nitrogens with zero attached hydrogens (tertiary/aromatic N) is 2. The summed E-state index contributed by atoms with van der Waals surface area (Å²) in [4.78, 5) is 0. The van der Waals surface area contributed by atoms with Crippen molar-refractivity contribution in [1.82, 2.24) is 10.2 Å². The lowest BCUT2D eigenvalue weighted by atomic mass is 10.2. The van der Waals surface area contributed by atoms with Gasteiger partial charge in [0.1, 0.15) is 16.7 Å². The summed E-state index contributed by atoms with van der Waals surface area (Å²) in [6, 6.07) is 7.64. The molecule has 0 aliphatic carbocycles. The Bertz CT molecular complexity index is 656. The van der Waals surface area contributed by atoms with E-state index in [9.17, 15) is 4.21 Å². The highest BCUT2D eigenvalue weighted by atomic mass is 32.2. The van der Waals surface area contributed by atoms with Gasteiger partial charge in [0, 0.05) is 13.2 Å². The van der Waals surface area contributed by atoms with E-state index in [1.54, 1.807) is 7.11 Å². The van der Waals surface area contributed by atoms with Crippen LogP contribution in [0.25, 0.3) is 10.6 Å². The molecular weight excluding hydrogens is 322 g/mol. The Kier molecular flexibility index (Phi) is 5.01. The Labute approximate surface area is 135 Å². The fourth-order valence-corrected chi connectivity index (χ4v) is 4.29. The molecule has 0 amide bonds. The first kappa shape index (κ1) is 15.4. The van der Waals surface area contributed by atoms with Gasteiger partial charge in [-0.25, -0.2) is 4.21 Å². The number of benzene rings is 1. The maximum Gasteiger partial charge on any atom is 0.217 e. The van der Waals surface area contributed by atoms with Gasteiger partial charge >= 0.3 is 0 Å². The number of hydrogen-bond donors (Lipinski definition) is 1. The number of nitrogens with one attached hydrogen (secondary N) is 1. The summed E-state index contributed by atoms with van der Waals surface area (Å²) in [5, 5.41) is 9.65.